The maximum absolute atomic E-state index is 12.9. The van der Waals surface area contributed by atoms with Crippen molar-refractivity contribution in [1.29, 1.82) is 0 Å². The molecule has 1 fully saturated rings. The Hall–Kier alpha value is -2.63. The number of hydrogen-bond acceptors (Lipinski definition) is 5. The summed E-state index contributed by atoms with van der Waals surface area (Å²) >= 11 is 0. The van der Waals surface area contributed by atoms with E-state index in [0.29, 0.717) is 0 Å². The van der Waals surface area contributed by atoms with Crippen molar-refractivity contribution in [2.75, 3.05) is 38.7 Å². The standard InChI is InChI=1S/C20H21F3N2O5S/c1-29-18-6-5-16(31(27,28)25-7-9-30-10-8-25)13-17(18)24-19(26)12-14-3-2-4-15(11-14)20(21,22)23/h2-6,11,13H,7-10,12H2,1H3,(H,24,26). The van der Waals surface area contributed by atoms with E-state index in [1.807, 2.05) is 0 Å². The van der Waals surface area contributed by atoms with Crippen LogP contribution in [0.4, 0.5) is 18.9 Å². The quantitative estimate of drug-likeness (QED) is 0.720. The van der Waals surface area contributed by atoms with Gasteiger partial charge in [0.1, 0.15) is 5.75 Å². The van der Waals surface area contributed by atoms with Crippen molar-refractivity contribution in [2.45, 2.75) is 17.5 Å². The number of rotatable bonds is 6. The van der Waals surface area contributed by atoms with E-state index in [9.17, 15) is 26.4 Å². The number of carbonyl (C=O) groups excluding carboxylic acids is 1. The molecule has 1 N–H and O–H groups in total. The number of morpholine rings is 1. The molecule has 0 saturated carbocycles. The first-order chi connectivity index (χ1) is 14.6. The molecule has 1 aliphatic heterocycles. The van der Waals surface area contributed by atoms with E-state index in [1.165, 1.54) is 41.7 Å². The number of benzene rings is 2. The summed E-state index contributed by atoms with van der Waals surface area (Å²) in [5, 5.41) is 2.53. The number of ether oxygens (including phenoxy) is 2. The number of methoxy groups -OCH3 is 1. The minimum atomic E-state index is -4.52. The first kappa shape index (κ1) is 23.0. The van der Waals surface area contributed by atoms with Crippen molar-refractivity contribution in [3.63, 3.8) is 0 Å². The summed E-state index contributed by atoms with van der Waals surface area (Å²) in [5.74, 6) is -0.392. The van der Waals surface area contributed by atoms with Gasteiger partial charge in [0.05, 0.1) is 42.9 Å². The summed E-state index contributed by atoms with van der Waals surface area (Å²) in [6.07, 6.45) is -4.84. The van der Waals surface area contributed by atoms with E-state index in [-0.39, 0.29) is 54.6 Å². The van der Waals surface area contributed by atoms with Crippen LogP contribution in [0.5, 0.6) is 5.75 Å². The Balaban J connectivity index is 1.80. The SMILES string of the molecule is COc1ccc(S(=O)(=O)N2CCOCC2)cc1NC(=O)Cc1cccc(C(F)(F)F)c1. The fourth-order valence-electron chi connectivity index (χ4n) is 3.12. The van der Waals surface area contributed by atoms with E-state index in [1.54, 1.807) is 0 Å². The number of carbonyl (C=O) groups is 1. The van der Waals surface area contributed by atoms with Crippen LogP contribution >= 0.6 is 0 Å². The van der Waals surface area contributed by atoms with Gasteiger partial charge in [0.15, 0.2) is 0 Å². The molecule has 7 nitrogen and oxygen atoms in total. The molecule has 0 bridgehead atoms. The van der Waals surface area contributed by atoms with Crippen LogP contribution in [0.15, 0.2) is 47.4 Å². The molecule has 1 saturated heterocycles. The van der Waals surface area contributed by atoms with E-state index in [4.69, 9.17) is 9.47 Å². The predicted octanol–water partition coefficient (Wildman–Crippen LogP) is 2.92. The Morgan fingerprint density at radius 1 is 1.16 bits per heavy atom. The van der Waals surface area contributed by atoms with Gasteiger partial charge in [-0.3, -0.25) is 4.79 Å². The second-order valence-electron chi connectivity index (χ2n) is 6.80. The lowest BCUT2D eigenvalue weighted by Crippen LogP contribution is -2.40. The maximum Gasteiger partial charge on any atom is 0.416 e. The highest BCUT2D eigenvalue weighted by molar-refractivity contribution is 7.89. The average Bonchev–Trinajstić information content (AvgIpc) is 2.74. The number of alkyl halides is 3. The van der Waals surface area contributed by atoms with Gasteiger partial charge in [-0.05, 0) is 29.8 Å². The molecule has 2 aromatic rings. The normalized spacial score (nSPS) is 15.5. The molecule has 1 amide bonds. The minimum absolute atomic E-state index is 0.0374. The zero-order chi connectivity index (χ0) is 22.6. The third-order valence-corrected chi connectivity index (χ3v) is 6.57. The lowest BCUT2D eigenvalue weighted by atomic mass is 10.1. The molecule has 0 atom stereocenters. The van der Waals surface area contributed by atoms with Crippen molar-refractivity contribution < 1.29 is 35.9 Å². The Labute approximate surface area is 177 Å². The molecule has 1 aliphatic rings. The molecule has 0 spiro atoms. The smallest absolute Gasteiger partial charge is 0.416 e. The predicted molar refractivity (Wildman–Crippen MR) is 106 cm³/mol. The van der Waals surface area contributed by atoms with Gasteiger partial charge in [-0.15, -0.1) is 0 Å². The largest absolute Gasteiger partial charge is 0.495 e. The monoisotopic (exact) mass is 458 g/mol. The van der Waals surface area contributed by atoms with Crippen LogP contribution in [0, 0.1) is 0 Å². The Morgan fingerprint density at radius 2 is 1.87 bits per heavy atom. The van der Waals surface area contributed by atoms with E-state index in [2.05, 4.69) is 5.32 Å². The highest BCUT2D eigenvalue weighted by Crippen LogP contribution is 2.31. The molecule has 0 unspecified atom stereocenters. The third-order valence-electron chi connectivity index (χ3n) is 4.67. The van der Waals surface area contributed by atoms with Gasteiger partial charge < -0.3 is 14.8 Å². The molecule has 3 rings (SSSR count). The van der Waals surface area contributed by atoms with E-state index < -0.39 is 27.7 Å². The lowest BCUT2D eigenvalue weighted by molar-refractivity contribution is -0.137. The zero-order valence-corrected chi connectivity index (χ0v) is 17.4. The minimum Gasteiger partial charge on any atom is -0.495 e. The molecule has 0 aromatic heterocycles. The summed E-state index contributed by atoms with van der Waals surface area (Å²) in [6, 6.07) is 8.50. The van der Waals surface area contributed by atoms with Gasteiger partial charge in [0, 0.05) is 13.1 Å². The fraction of sp³-hybridized carbons (Fsp3) is 0.350. The highest BCUT2D eigenvalue weighted by atomic mass is 32.2. The summed E-state index contributed by atoms with van der Waals surface area (Å²) in [5.41, 5.74) is -0.578. The molecule has 2 aromatic carbocycles. The molecule has 31 heavy (non-hydrogen) atoms. The topological polar surface area (TPSA) is 84.9 Å². The van der Waals surface area contributed by atoms with Crippen molar-refractivity contribution in [2.24, 2.45) is 0 Å². The number of anilines is 1. The number of amides is 1. The van der Waals surface area contributed by atoms with E-state index >= 15 is 0 Å². The third kappa shape index (κ3) is 5.54. The molecule has 168 valence electrons. The molecule has 0 aliphatic carbocycles. The van der Waals surface area contributed by atoms with Gasteiger partial charge in [0.25, 0.3) is 0 Å². The van der Waals surface area contributed by atoms with Gasteiger partial charge in [-0.2, -0.15) is 17.5 Å². The number of nitrogens with one attached hydrogen (secondary N) is 1. The van der Waals surface area contributed by atoms with Crippen molar-refractivity contribution >= 4 is 21.6 Å². The Morgan fingerprint density at radius 3 is 2.52 bits per heavy atom. The van der Waals surface area contributed by atoms with Crippen LogP contribution in [0.3, 0.4) is 0 Å². The zero-order valence-electron chi connectivity index (χ0n) is 16.6. The molecule has 1 heterocycles. The number of nitrogens with zero attached hydrogens (tertiary/aromatic N) is 1. The maximum atomic E-state index is 12.9. The van der Waals surface area contributed by atoms with Gasteiger partial charge in [0.2, 0.25) is 15.9 Å². The highest BCUT2D eigenvalue weighted by Gasteiger charge is 2.30. The van der Waals surface area contributed by atoms with Gasteiger partial charge in [-0.1, -0.05) is 18.2 Å². The molecular weight excluding hydrogens is 437 g/mol. The number of sulfonamides is 1. The van der Waals surface area contributed by atoms with Crippen LogP contribution in [0.25, 0.3) is 0 Å². The molecule has 0 radical (unpaired) electrons. The Kier molecular flexibility index (Phi) is 6.87. The van der Waals surface area contributed by atoms with Crippen LogP contribution in [0.2, 0.25) is 0 Å². The van der Waals surface area contributed by atoms with E-state index in [0.717, 1.165) is 12.1 Å². The van der Waals surface area contributed by atoms with Gasteiger partial charge >= 0.3 is 6.18 Å². The summed E-state index contributed by atoms with van der Waals surface area (Å²) < 4.78 is 76.0. The summed E-state index contributed by atoms with van der Waals surface area (Å²) in [7, 11) is -2.45. The second kappa shape index (κ2) is 9.25. The first-order valence-electron chi connectivity index (χ1n) is 9.33. The Bertz CT molecular complexity index is 1050. The fourth-order valence-corrected chi connectivity index (χ4v) is 4.55. The number of hydrogen-bond donors (Lipinski definition) is 1. The van der Waals surface area contributed by atoms with Crippen molar-refractivity contribution in [1.82, 2.24) is 4.31 Å². The number of halogens is 3. The first-order valence-corrected chi connectivity index (χ1v) is 10.8. The van der Waals surface area contributed by atoms with Crippen molar-refractivity contribution in [3.8, 4) is 5.75 Å². The molecule has 11 heteroatoms. The summed E-state index contributed by atoms with van der Waals surface area (Å²) in [6.45, 7) is 1.00. The van der Waals surface area contributed by atoms with Crippen LogP contribution in [0.1, 0.15) is 11.1 Å². The van der Waals surface area contributed by atoms with Crippen LogP contribution in [-0.2, 0) is 32.2 Å². The summed E-state index contributed by atoms with van der Waals surface area (Å²) in [4.78, 5) is 12.4. The van der Waals surface area contributed by atoms with Gasteiger partial charge in [-0.25, -0.2) is 8.42 Å². The second-order valence-corrected chi connectivity index (χ2v) is 8.74. The average molecular weight is 458 g/mol. The van der Waals surface area contributed by atoms with Crippen LogP contribution < -0.4 is 10.1 Å². The van der Waals surface area contributed by atoms with Crippen LogP contribution in [-0.4, -0.2) is 52.0 Å². The van der Waals surface area contributed by atoms with Crippen molar-refractivity contribution in [3.05, 3.63) is 53.6 Å². The lowest BCUT2D eigenvalue weighted by Gasteiger charge is -2.26. The molecular formula is C20H21F3N2O5S.